The van der Waals surface area contributed by atoms with Crippen LogP contribution >= 0.6 is 0 Å². The summed E-state index contributed by atoms with van der Waals surface area (Å²) in [5.41, 5.74) is 0.889. The molecule has 1 saturated heterocycles. The van der Waals surface area contributed by atoms with Crippen LogP contribution in [0.15, 0.2) is 24.3 Å². The molecule has 2 rings (SSSR count). The molecule has 1 unspecified atom stereocenters. The highest BCUT2D eigenvalue weighted by Crippen LogP contribution is 2.19. The Morgan fingerprint density at radius 2 is 2.15 bits per heavy atom. The average Bonchev–Trinajstić information content (AvgIpc) is 2.47. The van der Waals surface area contributed by atoms with Gasteiger partial charge in [-0.3, -0.25) is 9.69 Å². The van der Waals surface area contributed by atoms with Gasteiger partial charge >= 0.3 is 0 Å². The predicted octanol–water partition coefficient (Wildman–Crippen LogP) is 1.25. The van der Waals surface area contributed by atoms with Crippen LogP contribution in [0, 0.1) is 5.82 Å². The summed E-state index contributed by atoms with van der Waals surface area (Å²) < 4.78 is 13.2. The van der Waals surface area contributed by atoms with E-state index in [1.165, 1.54) is 12.1 Å². The number of carbonyl (C=O) groups is 1. The van der Waals surface area contributed by atoms with E-state index in [2.05, 4.69) is 5.32 Å². The molecule has 0 radical (unpaired) electrons. The van der Waals surface area contributed by atoms with Crippen molar-refractivity contribution >= 4 is 5.91 Å². The third-order valence-electron chi connectivity index (χ3n) is 3.85. The summed E-state index contributed by atoms with van der Waals surface area (Å²) in [6, 6.07) is 6.56. The predicted molar refractivity (Wildman–Crippen MR) is 76.9 cm³/mol. The van der Waals surface area contributed by atoms with Gasteiger partial charge in [-0.15, -0.1) is 0 Å². The first-order chi connectivity index (χ1) is 9.58. The molecule has 1 atom stereocenters. The quantitative estimate of drug-likeness (QED) is 0.901. The van der Waals surface area contributed by atoms with Crippen molar-refractivity contribution in [2.24, 2.45) is 0 Å². The topological polar surface area (TPSA) is 35.6 Å². The number of nitrogens with zero attached hydrogens (tertiary/aromatic N) is 2. The van der Waals surface area contributed by atoms with Gasteiger partial charge in [0.1, 0.15) is 5.82 Å². The SMILES string of the molecule is CC(c1cccc(F)c1)N(C)CC(=O)N1CCNCC1. The first kappa shape index (κ1) is 14.9. The maximum Gasteiger partial charge on any atom is 0.236 e. The minimum Gasteiger partial charge on any atom is -0.339 e. The molecular formula is C15H22FN3O. The fraction of sp³-hybridized carbons (Fsp3) is 0.533. The summed E-state index contributed by atoms with van der Waals surface area (Å²) in [5.74, 6) is -0.103. The number of halogens is 1. The molecule has 0 saturated carbocycles. The van der Waals surface area contributed by atoms with Gasteiger partial charge in [0.05, 0.1) is 6.54 Å². The molecule has 1 aromatic carbocycles. The Kier molecular flexibility index (Phi) is 5.09. The van der Waals surface area contributed by atoms with Gasteiger partial charge < -0.3 is 10.2 Å². The van der Waals surface area contributed by atoms with Crippen LogP contribution in [0.2, 0.25) is 0 Å². The van der Waals surface area contributed by atoms with Gasteiger partial charge in [-0.25, -0.2) is 4.39 Å². The molecule has 1 N–H and O–H groups in total. The van der Waals surface area contributed by atoms with E-state index in [-0.39, 0.29) is 17.8 Å². The molecule has 0 spiro atoms. The van der Waals surface area contributed by atoms with Gasteiger partial charge in [-0.1, -0.05) is 12.1 Å². The van der Waals surface area contributed by atoms with Crippen LogP contribution in [-0.2, 0) is 4.79 Å². The molecule has 1 aromatic rings. The lowest BCUT2D eigenvalue weighted by molar-refractivity contribution is -0.133. The fourth-order valence-electron chi connectivity index (χ4n) is 2.39. The number of nitrogens with one attached hydrogen (secondary N) is 1. The molecule has 0 aromatic heterocycles. The highest BCUT2D eigenvalue weighted by atomic mass is 19.1. The first-order valence-electron chi connectivity index (χ1n) is 7.02. The molecule has 1 aliphatic heterocycles. The second-order valence-electron chi connectivity index (χ2n) is 5.28. The molecular weight excluding hydrogens is 257 g/mol. The highest BCUT2D eigenvalue weighted by Gasteiger charge is 2.20. The van der Waals surface area contributed by atoms with Crippen LogP contribution in [0.3, 0.4) is 0 Å². The molecule has 1 aliphatic rings. The van der Waals surface area contributed by atoms with Crippen LogP contribution < -0.4 is 5.32 Å². The number of amides is 1. The number of likely N-dealkylation sites (N-methyl/N-ethyl adjacent to an activating group) is 1. The van der Waals surface area contributed by atoms with Crippen molar-refractivity contribution in [1.82, 2.24) is 15.1 Å². The van der Waals surface area contributed by atoms with Crippen LogP contribution in [0.1, 0.15) is 18.5 Å². The minimum absolute atomic E-state index is 0.0116. The third-order valence-corrected chi connectivity index (χ3v) is 3.85. The number of hydrogen-bond acceptors (Lipinski definition) is 3. The van der Waals surface area contributed by atoms with Crippen molar-refractivity contribution in [3.05, 3.63) is 35.6 Å². The summed E-state index contributed by atoms with van der Waals surface area (Å²) in [7, 11) is 1.90. The number of carbonyl (C=O) groups excluding carboxylic acids is 1. The number of hydrogen-bond donors (Lipinski definition) is 1. The second kappa shape index (κ2) is 6.81. The van der Waals surface area contributed by atoms with Crippen molar-refractivity contribution < 1.29 is 9.18 Å². The fourth-order valence-corrected chi connectivity index (χ4v) is 2.39. The molecule has 110 valence electrons. The first-order valence-corrected chi connectivity index (χ1v) is 7.02. The maximum atomic E-state index is 13.2. The van der Waals surface area contributed by atoms with E-state index in [9.17, 15) is 9.18 Å². The van der Waals surface area contributed by atoms with Crippen molar-refractivity contribution in [2.45, 2.75) is 13.0 Å². The Bertz CT molecular complexity index is 460. The zero-order chi connectivity index (χ0) is 14.5. The van der Waals surface area contributed by atoms with Crippen molar-refractivity contribution in [3.63, 3.8) is 0 Å². The molecule has 0 bridgehead atoms. The van der Waals surface area contributed by atoms with Crippen LogP contribution in [0.5, 0.6) is 0 Å². The van der Waals surface area contributed by atoms with Gasteiger partial charge in [-0.05, 0) is 31.7 Å². The Labute approximate surface area is 119 Å². The molecule has 4 nitrogen and oxygen atoms in total. The molecule has 1 amide bonds. The van der Waals surface area contributed by atoms with Gasteiger partial charge in [0.25, 0.3) is 0 Å². The Hall–Kier alpha value is -1.46. The summed E-state index contributed by atoms with van der Waals surface area (Å²) in [5, 5.41) is 3.23. The number of piperazine rings is 1. The number of benzene rings is 1. The molecule has 5 heteroatoms. The van der Waals surface area contributed by atoms with Gasteiger partial charge in [0, 0.05) is 32.2 Å². The van der Waals surface area contributed by atoms with E-state index in [0.717, 1.165) is 31.7 Å². The molecule has 20 heavy (non-hydrogen) atoms. The monoisotopic (exact) mass is 279 g/mol. The standard InChI is InChI=1S/C15H22FN3O/c1-12(13-4-3-5-14(16)10-13)18(2)11-15(20)19-8-6-17-7-9-19/h3-5,10,12,17H,6-9,11H2,1-2H3. The van der Waals surface area contributed by atoms with Crippen LogP contribution in [-0.4, -0.2) is 55.5 Å². The van der Waals surface area contributed by atoms with E-state index in [1.807, 2.05) is 29.8 Å². The van der Waals surface area contributed by atoms with Crippen molar-refractivity contribution in [3.8, 4) is 0 Å². The maximum absolute atomic E-state index is 13.2. The lowest BCUT2D eigenvalue weighted by atomic mass is 10.1. The van der Waals surface area contributed by atoms with Gasteiger partial charge in [0.2, 0.25) is 5.91 Å². The van der Waals surface area contributed by atoms with Gasteiger partial charge in [0.15, 0.2) is 0 Å². The minimum atomic E-state index is -0.240. The zero-order valence-electron chi connectivity index (χ0n) is 12.1. The summed E-state index contributed by atoms with van der Waals surface area (Å²) in [6.07, 6.45) is 0. The van der Waals surface area contributed by atoms with Crippen molar-refractivity contribution in [2.75, 3.05) is 39.8 Å². The second-order valence-corrected chi connectivity index (χ2v) is 5.28. The smallest absolute Gasteiger partial charge is 0.236 e. The molecule has 0 aliphatic carbocycles. The largest absolute Gasteiger partial charge is 0.339 e. The lowest BCUT2D eigenvalue weighted by Gasteiger charge is -2.31. The summed E-state index contributed by atoms with van der Waals surface area (Å²) in [6.45, 7) is 5.59. The average molecular weight is 279 g/mol. The highest BCUT2D eigenvalue weighted by molar-refractivity contribution is 5.78. The zero-order valence-corrected chi connectivity index (χ0v) is 12.1. The Balaban J connectivity index is 1.93. The van der Waals surface area contributed by atoms with Crippen LogP contribution in [0.4, 0.5) is 4.39 Å². The van der Waals surface area contributed by atoms with Gasteiger partial charge in [-0.2, -0.15) is 0 Å². The normalized spacial score (nSPS) is 17.3. The van der Waals surface area contributed by atoms with E-state index in [4.69, 9.17) is 0 Å². The summed E-state index contributed by atoms with van der Waals surface area (Å²) in [4.78, 5) is 16.0. The van der Waals surface area contributed by atoms with Crippen molar-refractivity contribution in [1.29, 1.82) is 0 Å². The van der Waals surface area contributed by atoms with E-state index in [0.29, 0.717) is 6.54 Å². The van der Waals surface area contributed by atoms with E-state index >= 15 is 0 Å². The Morgan fingerprint density at radius 3 is 2.80 bits per heavy atom. The Morgan fingerprint density at radius 1 is 1.45 bits per heavy atom. The molecule has 1 heterocycles. The summed E-state index contributed by atoms with van der Waals surface area (Å²) >= 11 is 0. The van der Waals surface area contributed by atoms with E-state index < -0.39 is 0 Å². The van der Waals surface area contributed by atoms with E-state index in [1.54, 1.807) is 6.07 Å². The van der Waals surface area contributed by atoms with Crippen LogP contribution in [0.25, 0.3) is 0 Å². The third kappa shape index (κ3) is 3.77. The lowest BCUT2D eigenvalue weighted by Crippen LogP contribution is -2.49. The molecule has 1 fully saturated rings. The number of rotatable bonds is 4.